The van der Waals surface area contributed by atoms with Crippen molar-refractivity contribution in [1.29, 1.82) is 0 Å². The van der Waals surface area contributed by atoms with Crippen LogP contribution in [0.4, 0.5) is 11.8 Å². The van der Waals surface area contributed by atoms with Crippen LogP contribution in [0.25, 0.3) is 0 Å². The van der Waals surface area contributed by atoms with Crippen LogP contribution in [-0.4, -0.2) is 29.6 Å². The highest BCUT2D eigenvalue weighted by Gasteiger charge is 2.17. The third-order valence-electron chi connectivity index (χ3n) is 2.66. The first kappa shape index (κ1) is 11.6. The van der Waals surface area contributed by atoms with Crippen molar-refractivity contribution in [2.45, 2.75) is 26.2 Å². The molecule has 2 rings (SSSR count). The summed E-state index contributed by atoms with van der Waals surface area (Å²) in [4.78, 5) is 11.1. The third kappa shape index (κ3) is 2.64. The fraction of sp³-hybridized carbons (Fsp3) is 0.636. The van der Waals surface area contributed by atoms with Crippen molar-refractivity contribution in [3.05, 3.63) is 10.7 Å². The summed E-state index contributed by atoms with van der Waals surface area (Å²) in [5, 5.41) is 3.22. The van der Waals surface area contributed by atoms with Crippen molar-refractivity contribution in [1.82, 2.24) is 9.97 Å². The number of hydrogen-bond donors (Lipinski definition) is 1. The van der Waals surface area contributed by atoms with Crippen molar-refractivity contribution in [3.63, 3.8) is 0 Å². The molecule has 0 unspecified atom stereocenters. The van der Waals surface area contributed by atoms with Gasteiger partial charge in [0.2, 0.25) is 5.95 Å². The zero-order valence-corrected chi connectivity index (χ0v) is 11.1. The highest BCUT2D eigenvalue weighted by atomic mass is 79.9. The van der Waals surface area contributed by atoms with E-state index in [1.807, 2.05) is 6.20 Å². The van der Waals surface area contributed by atoms with Crippen LogP contribution in [0.1, 0.15) is 26.2 Å². The summed E-state index contributed by atoms with van der Waals surface area (Å²) in [7, 11) is 0. The second-order valence-electron chi connectivity index (χ2n) is 3.99. The molecule has 1 fully saturated rings. The number of rotatable bonds is 4. The van der Waals surface area contributed by atoms with E-state index in [9.17, 15) is 0 Å². The Labute approximate surface area is 105 Å². The lowest BCUT2D eigenvalue weighted by Crippen LogP contribution is -2.20. The highest BCUT2D eigenvalue weighted by molar-refractivity contribution is 9.10. The van der Waals surface area contributed by atoms with E-state index in [4.69, 9.17) is 0 Å². The van der Waals surface area contributed by atoms with Crippen molar-refractivity contribution in [2.75, 3.05) is 29.9 Å². The average Bonchev–Trinajstić information content (AvgIpc) is 2.81. The SMILES string of the molecule is CCCNc1ncc(Br)c(N2CCCC2)n1. The van der Waals surface area contributed by atoms with Crippen LogP contribution >= 0.6 is 15.9 Å². The lowest BCUT2D eigenvalue weighted by atomic mass is 10.4. The highest BCUT2D eigenvalue weighted by Crippen LogP contribution is 2.27. The first-order chi connectivity index (χ1) is 7.81. The van der Waals surface area contributed by atoms with E-state index in [1.54, 1.807) is 0 Å². The molecule has 0 bridgehead atoms. The number of hydrogen-bond acceptors (Lipinski definition) is 4. The number of anilines is 2. The monoisotopic (exact) mass is 284 g/mol. The lowest BCUT2D eigenvalue weighted by Gasteiger charge is -2.18. The summed E-state index contributed by atoms with van der Waals surface area (Å²) in [6.07, 6.45) is 5.43. The van der Waals surface area contributed by atoms with Gasteiger partial charge >= 0.3 is 0 Å². The molecule has 1 saturated heterocycles. The van der Waals surface area contributed by atoms with Crippen LogP contribution < -0.4 is 10.2 Å². The average molecular weight is 285 g/mol. The standard InChI is InChI=1S/C11H17BrN4/c1-2-5-13-11-14-8-9(12)10(15-11)16-6-3-4-7-16/h8H,2-7H2,1H3,(H,13,14,15). The largest absolute Gasteiger partial charge is 0.356 e. The summed E-state index contributed by atoms with van der Waals surface area (Å²) < 4.78 is 0.983. The van der Waals surface area contributed by atoms with Gasteiger partial charge in [0, 0.05) is 25.8 Å². The van der Waals surface area contributed by atoms with Gasteiger partial charge < -0.3 is 10.2 Å². The van der Waals surface area contributed by atoms with Crippen molar-refractivity contribution < 1.29 is 0 Å². The van der Waals surface area contributed by atoms with Crippen molar-refractivity contribution in [2.24, 2.45) is 0 Å². The lowest BCUT2D eigenvalue weighted by molar-refractivity contribution is 0.906. The summed E-state index contributed by atoms with van der Waals surface area (Å²) in [5.41, 5.74) is 0. The van der Waals surface area contributed by atoms with Crippen molar-refractivity contribution >= 4 is 27.7 Å². The van der Waals surface area contributed by atoms with E-state index in [0.29, 0.717) is 0 Å². The molecule has 2 heterocycles. The third-order valence-corrected chi connectivity index (χ3v) is 3.22. The Kier molecular flexibility index (Phi) is 3.98. The van der Waals surface area contributed by atoms with Crippen LogP contribution in [0.5, 0.6) is 0 Å². The van der Waals surface area contributed by atoms with Crippen LogP contribution in [0.2, 0.25) is 0 Å². The topological polar surface area (TPSA) is 41.1 Å². The second-order valence-corrected chi connectivity index (χ2v) is 4.84. The second kappa shape index (κ2) is 5.48. The van der Waals surface area contributed by atoms with Gasteiger partial charge in [0.15, 0.2) is 0 Å². The van der Waals surface area contributed by atoms with Gasteiger partial charge in [-0.15, -0.1) is 0 Å². The van der Waals surface area contributed by atoms with Crippen LogP contribution in [0.3, 0.4) is 0 Å². The Hall–Kier alpha value is -0.840. The predicted molar refractivity (Wildman–Crippen MR) is 70.0 cm³/mol. The summed E-state index contributed by atoms with van der Waals surface area (Å²) in [5.74, 6) is 1.75. The van der Waals surface area contributed by atoms with E-state index in [1.165, 1.54) is 12.8 Å². The molecule has 5 heteroatoms. The molecule has 0 radical (unpaired) electrons. The Morgan fingerprint density at radius 2 is 2.19 bits per heavy atom. The number of nitrogens with zero attached hydrogens (tertiary/aromatic N) is 3. The van der Waals surface area contributed by atoms with E-state index in [0.717, 1.165) is 42.3 Å². The fourth-order valence-electron chi connectivity index (χ4n) is 1.83. The van der Waals surface area contributed by atoms with Gasteiger partial charge in [0.25, 0.3) is 0 Å². The molecule has 16 heavy (non-hydrogen) atoms. The maximum Gasteiger partial charge on any atom is 0.224 e. The first-order valence-electron chi connectivity index (χ1n) is 5.82. The van der Waals surface area contributed by atoms with Gasteiger partial charge in [-0.3, -0.25) is 0 Å². The molecule has 1 N–H and O–H groups in total. The fourth-order valence-corrected chi connectivity index (χ4v) is 2.27. The minimum atomic E-state index is 0.729. The molecule has 1 aromatic heterocycles. The zero-order valence-electron chi connectivity index (χ0n) is 9.54. The molecule has 0 amide bonds. The van der Waals surface area contributed by atoms with E-state index < -0.39 is 0 Å². The van der Waals surface area contributed by atoms with Crippen LogP contribution in [0.15, 0.2) is 10.7 Å². The maximum absolute atomic E-state index is 4.55. The van der Waals surface area contributed by atoms with Crippen molar-refractivity contribution in [3.8, 4) is 0 Å². The van der Waals surface area contributed by atoms with Crippen LogP contribution in [0, 0.1) is 0 Å². The smallest absolute Gasteiger partial charge is 0.224 e. The Bertz CT molecular complexity index is 350. The molecule has 1 aromatic rings. The molecule has 0 aromatic carbocycles. The van der Waals surface area contributed by atoms with Gasteiger partial charge in [-0.1, -0.05) is 6.92 Å². The van der Waals surface area contributed by atoms with E-state index in [2.05, 4.69) is 43.0 Å². The molecule has 0 spiro atoms. The first-order valence-corrected chi connectivity index (χ1v) is 6.62. The molecular formula is C11H17BrN4. The Balaban J connectivity index is 2.15. The molecule has 0 atom stereocenters. The Morgan fingerprint density at radius 1 is 1.44 bits per heavy atom. The maximum atomic E-state index is 4.55. The molecule has 0 aliphatic carbocycles. The van der Waals surface area contributed by atoms with Gasteiger partial charge in [-0.05, 0) is 35.2 Å². The molecule has 4 nitrogen and oxygen atoms in total. The minimum absolute atomic E-state index is 0.729. The number of aromatic nitrogens is 2. The molecular weight excluding hydrogens is 268 g/mol. The van der Waals surface area contributed by atoms with Crippen LogP contribution in [-0.2, 0) is 0 Å². The minimum Gasteiger partial charge on any atom is -0.356 e. The normalized spacial score (nSPS) is 15.5. The quantitative estimate of drug-likeness (QED) is 0.923. The number of halogens is 1. The molecule has 1 aliphatic rings. The predicted octanol–water partition coefficient (Wildman–Crippen LogP) is 2.66. The number of nitrogens with one attached hydrogen (secondary N) is 1. The van der Waals surface area contributed by atoms with Gasteiger partial charge in [0.05, 0.1) is 4.47 Å². The van der Waals surface area contributed by atoms with Gasteiger partial charge in [-0.2, -0.15) is 4.98 Å². The van der Waals surface area contributed by atoms with Gasteiger partial charge in [0.1, 0.15) is 5.82 Å². The van der Waals surface area contributed by atoms with Gasteiger partial charge in [-0.25, -0.2) is 4.98 Å². The van der Waals surface area contributed by atoms with E-state index >= 15 is 0 Å². The zero-order chi connectivity index (χ0) is 11.4. The van der Waals surface area contributed by atoms with E-state index in [-0.39, 0.29) is 0 Å². The summed E-state index contributed by atoms with van der Waals surface area (Å²) in [6, 6.07) is 0. The molecule has 1 aliphatic heterocycles. The Morgan fingerprint density at radius 3 is 2.88 bits per heavy atom. The summed E-state index contributed by atoms with van der Waals surface area (Å²) in [6.45, 7) is 5.25. The molecule has 88 valence electrons. The summed E-state index contributed by atoms with van der Waals surface area (Å²) >= 11 is 3.51. The molecule has 0 saturated carbocycles.